The van der Waals surface area contributed by atoms with E-state index in [1.807, 2.05) is 85.8 Å². The van der Waals surface area contributed by atoms with Gasteiger partial charge in [0.15, 0.2) is 6.04 Å². The number of carbonyl (C=O) groups excluding carboxylic acids is 1. The Balaban J connectivity index is 1.74. The van der Waals surface area contributed by atoms with Crippen molar-refractivity contribution in [3.05, 3.63) is 95.6 Å². The van der Waals surface area contributed by atoms with Crippen molar-refractivity contribution in [3.63, 3.8) is 0 Å². The van der Waals surface area contributed by atoms with Crippen LogP contribution in [0.25, 0.3) is 0 Å². The molecule has 0 spiro atoms. The molecule has 0 aromatic heterocycles. The maximum Gasteiger partial charge on any atom is 0.287 e. The molecule has 0 bridgehead atoms. The monoisotopic (exact) mass is 361 g/mol. The summed E-state index contributed by atoms with van der Waals surface area (Å²) in [5, 5.41) is 5.09. The lowest BCUT2D eigenvalue weighted by Gasteiger charge is -2.16. The van der Waals surface area contributed by atoms with E-state index in [-0.39, 0.29) is 11.9 Å². The fraction of sp³-hybridized carbons (Fsp3) is 0.174. The van der Waals surface area contributed by atoms with E-state index in [2.05, 4.69) is 10.6 Å². The smallest absolute Gasteiger partial charge is 0.287 e. The highest BCUT2D eigenvalue weighted by atomic mass is 16.5. The minimum absolute atomic E-state index is 0.0291. The van der Waals surface area contributed by atoms with Gasteiger partial charge < -0.3 is 15.4 Å². The molecule has 0 unspecified atom stereocenters. The van der Waals surface area contributed by atoms with E-state index in [0.717, 1.165) is 22.6 Å². The van der Waals surface area contributed by atoms with Crippen molar-refractivity contribution in [1.82, 2.24) is 0 Å². The van der Waals surface area contributed by atoms with Crippen molar-refractivity contribution in [1.29, 1.82) is 0 Å². The summed E-state index contributed by atoms with van der Waals surface area (Å²) in [4.78, 5) is 13.0. The molecule has 4 nitrogen and oxygen atoms in total. The van der Waals surface area contributed by atoms with Gasteiger partial charge in [0.05, 0.1) is 7.11 Å². The average Bonchev–Trinajstić information content (AvgIpc) is 2.71. The fourth-order valence-corrected chi connectivity index (χ4v) is 2.93. The highest BCUT2D eigenvalue weighted by Gasteiger charge is 2.24. The highest BCUT2D eigenvalue weighted by Crippen LogP contribution is 2.15. The lowest BCUT2D eigenvalue weighted by molar-refractivity contribution is -0.697. The van der Waals surface area contributed by atoms with Crippen LogP contribution in [0, 0.1) is 6.92 Å². The lowest BCUT2D eigenvalue weighted by Crippen LogP contribution is -2.85. The molecule has 0 heterocycles. The van der Waals surface area contributed by atoms with Gasteiger partial charge in [-0.2, -0.15) is 0 Å². The Hall–Kier alpha value is -3.11. The first-order valence-corrected chi connectivity index (χ1v) is 9.04. The van der Waals surface area contributed by atoms with E-state index in [4.69, 9.17) is 4.74 Å². The second-order valence-electron chi connectivity index (χ2n) is 6.53. The summed E-state index contributed by atoms with van der Waals surface area (Å²) < 4.78 is 5.20. The zero-order chi connectivity index (χ0) is 19.1. The summed E-state index contributed by atoms with van der Waals surface area (Å²) in [5.41, 5.74) is 4.10. The van der Waals surface area contributed by atoms with Crippen molar-refractivity contribution in [3.8, 4) is 5.75 Å². The first kappa shape index (κ1) is 18.7. The van der Waals surface area contributed by atoms with Gasteiger partial charge in [-0.1, -0.05) is 48.0 Å². The van der Waals surface area contributed by atoms with Crippen molar-refractivity contribution in [2.45, 2.75) is 19.5 Å². The molecule has 4 heteroatoms. The number of amides is 1. The van der Waals surface area contributed by atoms with Crippen LogP contribution in [0.5, 0.6) is 5.75 Å². The summed E-state index contributed by atoms with van der Waals surface area (Å²) in [6.07, 6.45) is 0. The summed E-state index contributed by atoms with van der Waals surface area (Å²) in [5.74, 6) is 0.800. The maximum atomic E-state index is 13.0. The molecule has 0 aliphatic heterocycles. The van der Waals surface area contributed by atoms with Crippen LogP contribution in [-0.2, 0) is 11.3 Å². The molecule has 3 rings (SSSR count). The molecule has 3 aromatic rings. The normalized spacial score (nSPS) is 11.6. The van der Waals surface area contributed by atoms with Gasteiger partial charge in [0.1, 0.15) is 12.3 Å². The van der Waals surface area contributed by atoms with Crippen LogP contribution in [0.4, 0.5) is 5.69 Å². The largest absolute Gasteiger partial charge is 0.497 e. The molecule has 27 heavy (non-hydrogen) atoms. The highest BCUT2D eigenvalue weighted by molar-refractivity contribution is 5.94. The molecule has 0 saturated carbocycles. The Morgan fingerprint density at radius 1 is 0.963 bits per heavy atom. The number of rotatable bonds is 7. The van der Waals surface area contributed by atoms with Crippen molar-refractivity contribution >= 4 is 11.6 Å². The predicted octanol–water partition coefficient (Wildman–Crippen LogP) is 3.45. The Morgan fingerprint density at radius 3 is 2.26 bits per heavy atom. The van der Waals surface area contributed by atoms with Gasteiger partial charge in [0, 0.05) is 16.8 Å². The van der Waals surface area contributed by atoms with E-state index in [0.29, 0.717) is 6.54 Å². The number of benzene rings is 3. The lowest BCUT2D eigenvalue weighted by atomic mass is 10.1. The first-order chi connectivity index (χ1) is 13.2. The SMILES string of the molecule is COc1ccc(C[NH2+][C@H](C(=O)Nc2ccc(C)cc2)c2ccccc2)cc1. The van der Waals surface area contributed by atoms with Crippen LogP contribution in [-0.4, -0.2) is 13.0 Å². The number of methoxy groups -OCH3 is 1. The van der Waals surface area contributed by atoms with Crippen LogP contribution < -0.4 is 15.4 Å². The quantitative estimate of drug-likeness (QED) is 0.677. The fourth-order valence-electron chi connectivity index (χ4n) is 2.93. The predicted molar refractivity (Wildman–Crippen MR) is 108 cm³/mol. The van der Waals surface area contributed by atoms with Crippen LogP contribution in [0.2, 0.25) is 0 Å². The van der Waals surface area contributed by atoms with E-state index in [9.17, 15) is 4.79 Å². The average molecular weight is 361 g/mol. The second kappa shape index (κ2) is 9.01. The standard InChI is InChI=1S/C23H24N2O2/c1-17-8-12-20(13-9-17)25-23(26)22(19-6-4-3-5-7-19)24-16-18-10-14-21(27-2)15-11-18/h3-15,22,24H,16H2,1-2H3,(H,25,26)/p+1/t22-/m0/s1. The van der Waals surface area contributed by atoms with E-state index >= 15 is 0 Å². The van der Waals surface area contributed by atoms with Crippen LogP contribution in [0.3, 0.4) is 0 Å². The van der Waals surface area contributed by atoms with Gasteiger partial charge in [-0.3, -0.25) is 4.79 Å². The number of hydrogen-bond donors (Lipinski definition) is 2. The second-order valence-corrected chi connectivity index (χ2v) is 6.53. The molecule has 1 amide bonds. The van der Waals surface area contributed by atoms with Gasteiger partial charge >= 0.3 is 0 Å². The Bertz CT molecular complexity index is 859. The zero-order valence-electron chi connectivity index (χ0n) is 15.7. The van der Waals surface area contributed by atoms with Crippen LogP contribution in [0.15, 0.2) is 78.9 Å². The van der Waals surface area contributed by atoms with Crippen LogP contribution >= 0.6 is 0 Å². The van der Waals surface area contributed by atoms with E-state index in [1.165, 1.54) is 5.56 Å². The Kier molecular flexibility index (Phi) is 6.23. The molecular weight excluding hydrogens is 336 g/mol. The van der Waals surface area contributed by atoms with Gasteiger partial charge in [0.25, 0.3) is 5.91 Å². The summed E-state index contributed by atoms with van der Waals surface area (Å²) >= 11 is 0. The molecule has 1 atom stereocenters. The van der Waals surface area contributed by atoms with Crippen molar-refractivity contribution in [2.75, 3.05) is 12.4 Å². The minimum Gasteiger partial charge on any atom is -0.497 e. The van der Waals surface area contributed by atoms with Crippen molar-refractivity contribution in [2.24, 2.45) is 0 Å². The summed E-state index contributed by atoms with van der Waals surface area (Å²) in [6, 6.07) is 25.3. The Morgan fingerprint density at radius 2 is 1.63 bits per heavy atom. The number of aryl methyl sites for hydroxylation is 1. The van der Waals surface area contributed by atoms with Crippen molar-refractivity contribution < 1.29 is 14.8 Å². The number of ether oxygens (including phenoxy) is 1. The van der Waals surface area contributed by atoms with E-state index in [1.54, 1.807) is 7.11 Å². The van der Waals surface area contributed by atoms with Crippen LogP contribution in [0.1, 0.15) is 22.7 Å². The summed E-state index contributed by atoms with van der Waals surface area (Å²) in [7, 11) is 1.65. The maximum absolute atomic E-state index is 13.0. The first-order valence-electron chi connectivity index (χ1n) is 9.04. The number of carbonyl (C=O) groups is 1. The number of hydrogen-bond acceptors (Lipinski definition) is 2. The zero-order valence-corrected chi connectivity index (χ0v) is 15.7. The van der Waals surface area contributed by atoms with Gasteiger partial charge in [0.2, 0.25) is 0 Å². The molecular formula is C23H25N2O2+. The molecule has 0 aliphatic carbocycles. The molecule has 0 fully saturated rings. The number of nitrogens with one attached hydrogen (secondary N) is 1. The van der Waals surface area contributed by atoms with Gasteiger partial charge in [-0.15, -0.1) is 0 Å². The van der Waals surface area contributed by atoms with Gasteiger partial charge in [-0.25, -0.2) is 0 Å². The molecule has 3 aromatic carbocycles. The Labute approximate surface area is 160 Å². The number of nitrogens with two attached hydrogens (primary N) is 1. The molecule has 0 saturated heterocycles. The third kappa shape index (κ3) is 5.19. The molecule has 3 N–H and O–H groups in total. The minimum atomic E-state index is -0.324. The third-order valence-electron chi connectivity index (χ3n) is 4.51. The van der Waals surface area contributed by atoms with E-state index < -0.39 is 0 Å². The number of quaternary nitrogens is 1. The summed E-state index contributed by atoms with van der Waals surface area (Å²) in [6.45, 7) is 2.73. The molecule has 0 radical (unpaired) electrons. The van der Waals surface area contributed by atoms with Gasteiger partial charge in [-0.05, 0) is 43.3 Å². The topological polar surface area (TPSA) is 54.9 Å². The number of anilines is 1. The molecule has 0 aliphatic rings. The molecule has 138 valence electrons. The third-order valence-corrected chi connectivity index (χ3v) is 4.51.